The average Bonchev–Trinajstić information content (AvgIpc) is 2.55. The molecule has 0 aliphatic rings. The third-order valence-corrected chi connectivity index (χ3v) is 3.55. The smallest absolute Gasteiger partial charge is 0.193 e. The summed E-state index contributed by atoms with van der Waals surface area (Å²) in [7, 11) is 0. The summed E-state index contributed by atoms with van der Waals surface area (Å²) in [5, 5.41) is 0.687. The van der Waals surface area contributed by atoms with Crippen LogP contribution in [-0.4, -0.2) is 5.78 Å². The molecule has 0 aromatic heterocycles. The molecule has 3 rings (SSSR count). The first-order valence-corrected chi connectivity index (χ1v) is 7.07. The van der Waals surface area contributed by atoms with E-state index in [0.717, 1.165) is 11.1 Å². The summed E-state index contributed by atoms with van der Waals surface area (Å²) < 4.78 is 0. The van der Waals surface area contributed by atoms with Gasteiger partial charge in [0.15, 0.2) is 5.78 Å². The first-order chi connectivity index (χ1) is 10.2. The zero-order valence-corrected chi connectivity index (χ0v) is 12.0. The SMILES string of the molecule is O=C(c1ccccc1)c1cccc(-c2cccc(Cl)c2)c1. The number of carbonyl (C=O) groups is 1. The van der Waals surface area contributed by atoms with Gasteiger partial charge in [0.2, 0.25) is 0 Å². The van der Waals surface area contributed by atoms with E-state index in [1.807, 2.05) is 78.9 Å². The lowest BCUT2D eigenvalue weighted by atomic mass is 9.98. The van der Waals surface area contributed by atoms with Crippen LogP contribution in [0.25, 0.3) is 11.1 Å². The molecule has 0 saturated heterocycles. The van der Waals surface area contributed by atoms with E-state index < -0.39 is 0 Å². The fraction of sp³-hybridized carbons (Fsp3) is 0. The number of benzene rings is 3. The third kappa shape index (κ3) is 3.04. The maximum absolute atomic E-state index is 12.5. The fourth-order valence-electron chi connectivity index (χ4n) is 2.26. The van der Waals surface area contributed by atoms with E-state index in [-0.39, 0.29) is 5.78 Å². The summed E-state index contributed by atoms with van der Waals surface area (Å²) in [5.41, 5.74) is 3.36. The second-order valence-electron chi connectivity index (χ2n) is 4.79. The lowest BCUT2D eigenvalue weighted by Gasteiger charge is -2.06. The zero-order chi connectivity index (χ0) is 14.7. The Hall–Kier alpha value is -2.38. The van der Waals surface area contributed by atoms with Crippen molar-refractivity contribution in [3.05, 3.63) is 95.0 Å². The lowest BCUT2D eigenvalue weighted by molar-refractivity contribution is 0.103. The number of hydrogen-bond acceptors (Lipinski definition) is 1. The van der Waals surface area contributed by atoms with E-state index in [4.69, 9.17) is 11.6 Å². The Kier molecular flexibility index (Phi) is 3.85. The van der Waals surface area contributed by atoms with Crippen molar-refractivity contribution in [1.82, 2.24) is 0 Å². The zero-order valence-electron chi connectivity index (χ0n) is 11.3. The molecule has 0 saturated carbocycles. The normalized spacial score (nSPS) is 10.3. The average molecular weight is 293 g/mol. The van der Waals surface area contributed by atoms with Gasteiger partial charge < -0.3 is 0 Å². The Bertz CT molecular complexity index is 778. The van der Waals surface area contributed by atoms with E-state index >= 15 is 0 Å². The molecule has 0 atom stereocenters. The highest BCUT2D eigenvalue weighted by molar-refractivity contribution is 6.30. The fourth-order valence-corrected chi connectivity index (χ4v) is 2.45. The second-order valence-corrected chi connectivity index (χ2v) is 5.22. The summed E-state index contributed by atoms with van der Waals surface area (Å²) >= 11 is 6.03. The molecule has 21 heavy (non-hydrogen) atoms. The van der Waals surface area contributed by atoms with Crippen LogP contribution in [0.2, 0.25) is 5.02 Å². The van der Waals surface area contributed by atoms with E-state index in [9.17, 15) is 4.79 Å². The van der Waals surface area contributed by atoms with Crippen LogP contribution in [0.4, 0.5) is 0 Å². The van der Waals surface area contributed by atoms with Gasteiger partial charge in [-0.15, -0.1) is 0 Å². The van der Waals surface area contributed by atoms with Gasteiger partial charge in [0.05, 0.1) is 0 Å². The van der Waals surface area contributed by atoms with Crippen LogP contribution in [0.3, 0.4) is 0 Å². The predicted molar refractivity (Wildman–Crippen MR) is 86.8 cm³/mol. The number of rotatable bonds is 3. The molecule has 1 nitrogen and oxygen atoms in total. The summed E-state index contributed by atoms with van der Waals surface area (Å²) in [6.07, 6.45) is 0. The van der Waals surface area contributed by atoms with Gasteiger partial charge in [-0.2, -0.15) is 0 Å². The summed E-state index contributed by atoms with van der Waals surface area (Å²) in [4.78, 5) is 12.5. The van der Waals surface area contributed by atoms with Gasteiger partial charge in [-0.25, -0.2) is 0 Å². The molecule has 0 fully saturated rings. The summed E-state index contributed by atoms with van der Waals surface area (Å²) in [5.74, 6) is 0.0273. The Morgan fingerprint density at radius 1 is 0.667 bits per heavy atom. The number of ketones is 1. The van der Waals surface area contributed by atoms with E-state index in [1.54, 1.807) is 0 Å². The molecule has 0 heterocycles. The van der Waals surface area contributed by atoms with E-state index in [2.05, 4.69) is 0 Å². The Labute approximate surface area is 128 Å². The van der Waals surface area contributed by atoms with Gasteiger partial charge in [-0.05, 0) is 29.3 Å². The monoisotopic (exact) mass is 292 g/mol. The van der Waals surface area contributed by atoms with Crippen molar-refractivity contribution in [3.8, 4) is 11.1 Å². The summed E-state index contributed by atoms with van der Waals surface area (Å²) in [6.45, 7) is 0. The molecule has 3 aromatic rings. The molecule has 3 aromatic carbocycles. The molecular weight excluding hydrogens is 280 g/mol. The van der Waals surface area contributed by atoms with Gasteiger partial charge in [0.1, 0.15) is 0 Å². The molecule has 0 unspecified atom stereocenters. The first kappa shape index (κ1) is 13.6. The van der Waals surface area contributed by atoms with Gasteiger partial charge in [-0.1, -0.05) is 72.3 Å². The van der Waals surface area contributed by atoms with Crippen molar-refractivity contribution in [3.63, 3.8) is 0 Å². The van der Waals surface area contributed by atoms with Gasteiger partial charge in [0, 0.05) is 16.1 Å². The van der Waals surface area contributed by atoms with Crippen LogP contribution < -0.4 is 0 Å². The number of halogens is 1. The minimum absolute atomic E-state index is 0.0273. The molecular formula is C19H13ClO. The second kappa shape index (κ2) is 5.94. The Balaban J connectivity index is 1.99. The highest BCUT2D eigenvalue weighted by atomic mass is 35.5. The quantitative estimate of drug-likeness (QED) is 0.603. The van der Waals surface area contributed by atoms with Crippen LogP contribution >= 0.6 is 11.6 Å². The Morgan fingerprint density at radius 3 is 2.00 bits per heavy atom. The number of carbonyl (C=O) groups excluding carboxylic acids is 1. The summed E-state index contributed by atoms with van der Waals surface area (Å²) in [6, 6.07) is 24.5. The minimum atomic E-state index is 0.0273. The minimum Gasteiger partial charge on any atom is -0.289 e. The maximum Gasteiger partial charge on any atom is 0.193 e. The molecule has 0 aliphatic heterocycles. The molecule has 2 heteroatoms. The van der Waals surface area contributed by atoms with E-state index in [1.165, 1.54) is 0 Å². The van der Waals surface area contributed by atoms with Crippen molar-refractivity contribution in [2.45, 2.75) is 0 Å². The van der Waals surface area contributed by atoms with Gasteiger partial charge in [0.25, 0.3) is 0 Å². The molecule has 0 spiro atoms. The van der Waals surface area contributed by atoms with Crippen molar-refractivity contribution in [1.29, 1.82) is 0 Å². The first-order valence-electron chi connectivity index (χ1n) is 6.70. The van der Waals surface area contributed by atoms with Crippen LogP contribution in [0, 0.1) is 0 Å². The van der Waals surface area contributed by atoms with Crippen LogP contribution in [0.15, 0.2) is 78.9 Å². The Morgan fingerprint density at radius 2 is 1.29 bits per heavy atom. The highest BCUT2D eigenvalue weighted by Crippen LogP contribution is 2.24. The largest absolute Gasteiger partial charge is 0.289 e. The topological polar surface area (TPSA) is 17.1 Å². The van der Waals surface area contributed by atoms with Crippen molar-refractivity contribution in [2.24, 2.45) is 0 Å². The van der Waals surface area contributed by atoms with Crippen LogP contribution in [0.5, 0.6) is 0 Å². The van der Waals surface area contributed by atoms with Crippen LogP contribution in [0.1, 0.15) is 15.9 Å². The van der Waals surface area contributed by atoms with E-state index in [0.29, 0.717) is 16.1 Å². The molecule has 0 radical (unpaired) electrons. The van der Waals surface area contributed by atoms with Gasteiger partial charge in [-0.3, -0.25) is 4.79 Å². The number of hydrogen-bond donors (Lipinski definition) is 0. The molecule has 0 bridgehead atoms. The van der Waals surface area contributed by atoms with Gasteiger partial charge >= 0.3 is 0 Å². The molecule has 0 aliphatic carbocycles. The highest BCUT2D eigenvalue weighted by Gasteiger charge is 2.09. The van der Waals surface area contributed by atoms with Crippen molar-refractivity contribution < 1.29 is 4.79 Å². The predicted octanol–water partition coefficient (Wildman–Crippen LogP) is 5.24. The third-order valence-electron chi connectivity index (χ3n) is 3.32. The standard InChI is InChI=1S/C19H13ClO/c20-18-11-5-9-16(13-18)15-8-4-10-17(12-15)19(21)14-6-2-1-3-7-14/h1-13H. The molecule has 102 valence electrons. The molecule has 0 N–H and O–H groups in total. The maximum atomic E-state index is 12.5. The van der Waals surface area contributed by atoms with Crippen molar-refractivity contribution in [2.75, 3.05) is 0 Å². The molecule has 0 amide bonds. The lowest BCUT2D eigenvalue weighted by Crippen LogP contribution is -2.00. The van der Waals surface area contributed by atoms with Crippen molar-refractivity contribution >= 4 is 17.4 Å². The van der Waals surface area contributed by atoms with Crippen LogP contribution in [-0.2, 0) is 0 Å².